The van der Waals surface area contributed by atoms with Crippen LogP contribution in [0.2, 0.25) is 0 Å². The fourth-order valence-electron chi connectivity index (χ4n) is 1.30. The number of aromatic nitrogens is 1. The molecule has 0 saturated heterocycles. The highest BCUT2D eigenvalue weighted by molar-refractivity contribution is 7.07. The first-order valence-corrected chi connectivity index (χ1v) is 6.20. The molecule has 0 aliphatic heterocycles. The molecular formula is C10H15N3OS. The van der Waals surface area contributed by atoms with E-state index in [0.717, 1.165) is 25.6 Å². The smallest absolute Gasteiger partial charge is 0.270 e. The second kappa shape index (κ2) is 5.23. The van der Waals surface area contributed by atoms with Crippen molar-refractivity contribution in [1.82, 2.24) is 15.6 Å². The quantitative estimate of drug-likeness (QED) is 0.711. The van der Waals surface area contributed by atoms with Gasteiger partial charge in [-0.05, 0) is 25.8 Å². The standard InChI is InChI=1S/C10H15N3OS/c14-10(9-6-15-7-13-9)12-5-1-4-11-8-2-3-8/h6-8,11H,1-5H2,(H,12,14). The molecule has 0 radical (unpaired) electrons. The number of nitrogens with zero attached hydrogens (tertiary/aromatic N) is 1. The van der Waals surface area contributed by atoms with Crippen LogP contribution in [0.5, 0.6) is 0 Å². The van der Waals surface area contributed by atoms with Gasteiger partial charge in [-0.15, -0.1) is 11.3 Å². The summed E-state index contributed by atoms with van der Waals surface area (Å²) in [6, 6.07) is 0.749. The van der Waals surface area contributed by atoms with Crippen LogP contribution in [0.1, 0.15) is 29.8 Å². The van der Waals surface area contributed by atoms with Crippen molar-refractivity contribution in [2.45, 2.75) is 25.3 Å². The van der Waals surface area contributed by atoms with Gasteiger partial charge in [0, 0.05) is 18.0 Å². The number of carbonyl (C=O) groups is 1. The van der Waals surface area contributed by atoms with Crippen molar-refractivity contribution in [1.29, 1.82) is 0 Å². The number of hydrogen-bond donors (Lipinski definition) is 2. The van der Waals surface area contributed by atoms with Crippen molar-refractivity contribution in [3.05, 3.63) is 16.6 Å². The Labute approximate surface area is 93.1 Å². The van der Waals surface area contributed by atoms with E-state index < -0.39 is 0 Å². The monoisotopic (exact) mass is 225 g/mol. The van der Waals surface area contributed by atoms with Gasteiger partial charge in [0.15, 0.2) is 0 Å². The zero-order valence-electron chi connectivity index (χ0n) is 8.53. The van der Waals surface area contributed by atoms with Gasteiger partial charge in [0.25, 0.3) is 5.91 Å². The SMILES string of the molecule is O=C(NCCCNC1CC1)c1cscn1. The lowest BCUT2D eigenvalue weighted by Gasteiger charge is -2.03. The second-order valence-electron chi connectivity index (χ2n) is 3.71. The summed E-state index contributed by atoms with van der Waals surface area (Å²) in [5.41, 5.74) is 2.19. The highest BCUT2D eigenvalue weighted by Gasteiger charge is 2.19. The van der Waals surface area contributed by atoms with Crippen LogP contribution in [0.15, 0.2) is 10.9 Å². The molecule has 4 nitrogen and oxygen atoms in total. The summed E-state index contributed by atoms with van der Waals surface area (Å²) in [6.07, 6.45) is 3.60. The predicted octanol–water partition coefficient (Wildman–Crippen LogP) is 1.01. The van der Waals surface area contributed by atoms with Gasteiger partial charge in [-0.2, -0.15) is 0 Å². The second-order valence-corrected chi connectivity index (χ2v) is 4.43. The molecule has 15 heavy (non-hydrogen) atoms. The highest BCUT2D eigenvalue weighted by Crippen LogP contribution is 2.18. The molecular weight excluding hydrogens is 210 g/mol. The van der Waals surface area contributed by atoms with Crippen LogP contribution in [-0.4, -0.2) is 30.0 Å². The Bertz CT molecular complexity index is 308. The molecule has 1 saturated carbocycles. The van der Waals surface area contributed by atoms with Crippen molar-refractivity contribution in [3.63, 3.8) is 0 Å². The summed E-state index contributed by atoms with van der Waals surface area (Å²) in [6.45, 7) is 1.71. The van der Waals surface area contributed by atoms with Crippen LogP contribution in [0, 0.1) is 0 Å². The van der Waals surface area contributed by atoms with Gasteiger partial charge in [0.05, 0.1) is 5.51 Å². The number of amides is 1. The van der Waals surface area contributed by atoms with E-state index >= 15 is 0 Å². The molecule has 1 aromatic rings. The number of hydrogen-bond acceptors (Lipinski definition) is 4. The van der Waals surface area contributed by atoms with Crippen molar-refractivity contribution in [2.24, 2.45) is 0 Å². The van der Waals surface area contributed by atoms with E-state index in [1.807, 2.05) is 0 Å². The van der Waals surface area contributed by atoms with Crippen LogP contribution in [-0.2, 0) is 0 Å². The average Bonchev–Trinajstić information content (AvgIpc) is 2.90. The lowest BCUT2D eigenvalue weighted by molar-refractivity contribution is 0.0949. The van der Waals surface area contributed by atoms with Gasteiger partial charge in [0.1, 0.15) is 5.69 Å². The van der Waals surface area contributed by atoms with E-state index in [0.29, 0.717) is 5.69 Å². The number of nitrogens with one attached hydrogen (secondary N) is 2. The molecule has 1 aliphatic carbocycles. The van der Waals surface area contributed by atoms with Gasteiger partial charge in [-0.1, -0.05) is 0 Å². The summed E-state index contributed by atoms with van der Waals surface area (Å²) in [5, 5.41) is 8.01. The van der Waals surface area contributed by atoms with E-state index in [-0.39, 0.29) is 5.91 Å². The molecule has 1 aliphatic rings. The van der Waals surface area contributed by atoms with Crippen molar-refractivity contribution in [3.8, 4) is 0 Å². The molecule has 1 aromatic heterocycles. The molecule has 82 valence electrons. The average molecular weight is 225 g/mol. The Morgan fingerprint density at radius 3 is 3.07 bits per heavy atom. The van der Waals surface area contributed by atoms with Crippen LogP contribution >= 0.6 is 11.3 Å². The highest BCUT2D eigenvalue weighted by atomic mass is 32.1. The Balaban J connectivity index is 1.55. The third kappa shape index (κ3) is 3.60. The normalized spacial score (nSPS) is 15.2. The third-order valence-corrected chi connectivity index (χ3v) is 2.90. The van der Waals surface area contributed by atoms with E-state index in [1.165, 1.54) is 24.2 Å². The molecule has 2 N–H and O–H groups in total. The van der Waals surface area contributed by atoms with E-state index in [4.69, 9.17) is 0 Å². The van der Waals surface area contributed by atoms with Gasteiger partial charge in [0.2, 0.25) is 0 Å². The molecule has 1 fully saturated rings. The lowest BCUT2D eigenvalue weighted by Crippen LogP contribution is -2.28. The first-order valence-electron chi connectivity index (χ1n) is 5.26. The van der Waals surface area contributed by atoms with Crippen molar-refractivity contribution in [2.75, 3.05) is 13.1 Å². The van der Waals surface area contributed by atoms with E-state index in [1.54, 1.807) is 10.9 Å². The van der Waals surface area contributed by atoms with E-state index in [9.17, 15) is 4.79 Å². The Morgan fingerprint density at radius 1 is 1.53 bits per heavy atom. The third-order valence-electron chi connectivity index (χ3n) is 2.31. The van der Waals surface area contributed by atoms with E-state index in [2.05, 4.69) is 15.6 Å². The molecule has 0 atom stereocenters. The molecule has 1 amide bonds. The van der Waals surface area contributed by atoms with Gasteiger partial charge >= 0.3 is 0 Å². The number of rotatable bonds is 6. The zero-order chi connectivity index (χ0) is 10.5. The van der Waals surface area contributed by atoms with Crippen LogP contribution in [0.4, 0.5) is 0 Å². The number of carbonyl (C=O) groups excluding carboxylic acids is 1. The summed E-state index contributed by atoms with van der Waals surface area (Å²) < 4.78 is 0. The predicted molar refractivity (Wildman–Crippen MR) is 60.1 cm³/mol. The molecule has 0 aromatic carbocycles. The molecule has 0 unspecified atom stereocenters. The minimum absolute atomic E-state index is 0.0670. The molecule has 0 spiro atoms. The van der Waals surface area contributed by atoms with Crippen LogP contribution in [0.25, 0.3) is 0 Å². The minimum atomic E-state index is -0.0670. The van der Waals surface area contributed by atoms with Crippen molar-refractivity contribution >= 4 is 17.2 Å². The molecule has 2 rings (SSSR count). The maximum atomic E-state index is 11.4. The number of thiazole rings is 1. The van der Waals surface area contributed by atoms with Gasteiger partial charge in [-0.25, -0.2) is 4.98 Å². The maximum absolute atomic E-state index is 11.4. The summed E-state index contributed by atoms with van der Waals surface area (Å²) in [5.74, 6) is -0.0670. The topological polar surface area (TPSA) is 54.0 Å². The fourth-order valence-corrected chi connectivity index (χ4v) is 1.83. The first-order chi connectivity index (χ1) is 7.36. The Kier molecular flexibility index (Phi) is 3.69. The largest absolute Gasteiger partial charge is 0.351 e. The van der Waals surface area contributed by atoms with Crippen LogP contribution in [0.3, 0.4) is 0 Å². The first kappa shape index (κ1) is 10.6. The summed E-state index contributed by atoms with van der Waals surface area (Å²) in [4.78, 5) is 15.4. The molecule has 1 heterocycles. The zero-order valence-corrected chi connectivity index (χ0v) is 9.35. The summed E-state index contributed by atoms with van der Waals surface area (Å²) >= 11 is 1.44. The molecule has 0 bridgehead atoms. The van der Waals surface area contributed by atoms with Gasteiger partial charge in [-0.3, -0.25) is 4.79 Å². The van der Waals surface area contributed by atoms with Crippen molar-refractivity contribution < 1.29 is 4.79 Å². The van der Waals surface area contributed by atoms with Crippen LogP contribution < -0.4 is 10.6 Å². The Hall–Kier alpha value is -0.940. The molecule has 5 heteroatoms. The fraction of sp³-hybridized carbons (Fsp3) is 0.600. The van der Waals surface area contributed by atoms with Gasteiger partial charge < -0.3 is 10.6 Å². The Morgan fingerprint density at radius 2 is 2.40 bits per heavy atom. The maximum Gasteiger partial charge on any atom is 0.270 e. The minimum Gasteiger partial charge on any atom is -0.351 e. The lowest BCUT2D eigenvalue weighted by atomic mass is 10.4. The summed E-state index contributed by atoms with van der Waals surface area (Å²) in [7, 11) is 0.